The van der Waals surface area contributed by atoms with Crippen molar-refractivity contribution in [3.63, 3.8) is 0 Å². The third-order valence-electron chi connectivity index (χ3n) is 4.00. The second-order valence-electron chi connectivity index (χ2n) is 6.56. The molecule has 0 atom stereocenters. The fourth-order valence-corrected chi connectivity index (χ4v) is 2.64. The van der Waals surface area contributed by atoms with E-state index in [1.165, 1.54) is 26.2 Å². The highest BCUT2D eigenvalue weighted by Gasteiger charge is 2.31. The monoisotopic (exact) mass is 439 g/mol. The van der Waals surface area contributed by atoms with E-state index in [0.29, 0.717) is 30.2 Å². The topological polar surface area (TPSA) is 88.7 Å². The van der Waals surface area contributed by atoms with E-state index < -0.39 is 17.6 Å². The quantitative estimate of drug-likeness (QED) is 0.535. The summed E-state index contributed by atoms with van der Waals surface area (Å²) in [6.45, 7) is 3.21. The van der Waals surface area contributed by atoms with Crippen LogP contribution in [0.3, 0.4) is 0 Å². The van der Waals surface area contributed by atoms with Crippen molar-refractivity contribution in [2.75, 3.05) is 36.2 Å². The van der Waals surface area contributed by atoms with Crippen LogP contribution in [0.25, 0.3) is 0 Å². The van der Waals surface area contributed by atoms with E-state index in [4.69, 9.17) is 9.47 Å². The molecule has 2 aromatic carbocycles. The standard InChI is InChI=1S/C21H24F3N3O4/c1-4-9-31-19-7-5-14(21(22,23)24)10-16(19)25-12-20(29)27-17-11-15(26-13(2)28)6-8-18(17)30-3/h5-8,10-11,25H,4,9,12H2,1-3H3,(H,26,28)(H,27,29). The van der Waals surface area contributed by atoms with Crippen LogP contribution in [-0.4, -0.2) is 32.1 Å². The average molecular weight is 439 g/mol. The van der Waals surface area contributed by atoms with Crippen LogP contribution in [0.2, 0.25) is 0 Å². The van der Waals surface area contributed by atoms with Gasteiger partial charge in [0.1, 0.15) is 11.5 Å². The molecule has 3 N–H and O–H groups in total. The number of hydrogen-bond donors (Lipinski definition) is 3. The third-order valence-corrected chi connectivity index (χ3v) is 4.00. The normalized spacial score (nSPS) is 10.9. The largest absolute Gasteiger partial charge is 0.495 e. The summed E-state index contributed by atoms with van der Waals surface area (Å²) in [5, 5.41) is 7.89. The Bertz CT molecular complexity index is 933. The summed E-state index contributed by atoms with van der Waals surface area (Å²) in [5.74, 6) is -0.244. The van der Waals surface area contributed by atoms with E-state index in [9.17, 15) is 22.8 Å². The van der Waals surface area contributed by atoms with E-state index in [-0.39, 0.29) is 23.9 Å². The zero-order valence-electron chi connectivity index (χ0n) is 17.4. The molecular weight excluding hydrogens is 415 g/mol. The van der Waals surface area contributed by atoms with Crippen molar-refractivity contribution in [3.8, 4) is 11.5 Å². The number of alkyl halides is 3. The molecule has 0 bridgehead atoms. The van der Waals surface area contributed by atoms with Gasteiger partial charge in [0.05, 0.1) is 37.2 Å². The second-order valence-corrected chi connectivity index (χ2v) is 6.56. The molecule has 0 radical (unpaired) electrons. The van der Waals surface area contributed by atoms with E-state index in [1.54, 1.807) is 12.1 Å². The van der Waals surface area contributed by atoms with Gasteiger partial charge >= 0.3 is 6.18 Å². The van der Waals surface area contributed by atoms with Crippen molar-refractivity contribution in [2.45, 2.75) is 26.4 Å². The Morgan fingerprint density at radius 1 is 1.00 bits per heavy atom. The zero-order valence-corrected chi connectivity index (χ0v) is 17.4. The number of amides is 2. The summed E-state index contributed by atoms with van der Waals surface area (Å²) in [6.07, 6.45) is -3.86. The first-order valence-electron chi connectivity index (χ1n) is 9.47. The zero-order chi connectivity index (χ0) is 23.0. The van der Waals surface area contributed by atoms with Crippen LogP contribution in [0.1, 0.15) is 25.8 Å². The molecule has 0 heterocycles. The van der Waals surface area contributed by atoms with Crippen LogP contribution in [0.5, 0.6) is 11.5 Å². The van der Waals surface area contributed by atoms with Crippen LogP contribution in [-0.2, 0) is 15.8 Å². The number of anilines is 3. The molecule has 10 heteroatoms. The molecule has 2 aromatic rings. The van der Waals surface area contributed by atoms with Gasteiger partial charge in [-0.25, -0.2) is 0 Å². The Balaban J connectivity index is 2.15. The number of benzene rings is 2. The molecule has 2 amide bonds. The van der Waals surface area contributed by atoms with Crippen LogP contribution in [0.15, 0.2) is 36.4 Å². The summed E-state index contributed by atoms with van der Waals surface area (Å²) < 4.78 is 49.8. The Hall–Kier alpha value is -3.43. The molecule has 0 unspecified atom stereocenters. The smallest absolute Gasteiger partial charge is 0.416 e. The van der Waals surface area contributed by atoms with Crippen molar-refractivity contribution < 1.29 is 32.2 Å². The molecular formula is C21H24F3N3O4. The van der Waals surface area contributed by atoms with Gasteiger partial charge in [0.15, 0.2) is 0 Å². The fraction of sp³-hybridized carbons (Fsp3) is 0.333. The molecule has 2 rings (SSSR count). The van der Waals surface area contributed by atoms with Crippen molar-refractivity contribution in [3.05, 3.63) is 42.0 Å². The van der Waals surface area contributed by atoms with Gasteiger partial charge in [-0.15, -0.1) is 0 Å². The minimum absolute atomic E-state index is 0.0531. The molecule has 31 heavy (non-hydrogen) atoms. The summed E-state index contributed by atoms with van der Waals surface area (Å²) >= 11 is 0. The van der Waals surface area contributed by atoms with Crippen molar-refractivity contribution >= 4 is 28.9 Å². The number of carbonyl (C=O) groups is 2. The number of carbonyl (C=O) groups excluding carboxylic acids is 2. The van der Waals surface area contributed by atoms with E-state index in [0.717, 1.165) is 12.1 Å². The first-order chi connectivity index (χ1) is 14.6. The SMILES string of the molecule is CCCOc1ccc(C(F)(F)F)cc1NCC(=O)Nc1cc(NC(C)=O)ccc1OC. The van der Waals surface area contributed by atoms with Gasteiger partial charge in [0, 0.05) is 12.6 Å². The van der Waals surface area contributed by atoms with Gasteiger partial charge in [-0.2, -0.15) is 13.2 Å². The summed E-state index contributed by atoms with van der Waals surface area (Å²) in [7, 11) is 1.42. The molecule has 0 saturated carbocycles. The van der Waals surface area contributed by atoms with E-state index in [2.05, 4.69) is 16.0 Å². The first kappa shape index (κ1) is 23.8. The summed E-state index contributed by atoms with van der Waals surface area (Å²) in [6, 6.07) is 7.73. The van der Waals surface area contributed by atoms with Gasteiger partial charge in [-0.05, 0) is 42.8 Å². The Morgan fingerprint density at radius 2 is 1.71 bits per heavy atom. The minimum atomic E-state index is -4.53. The van der Waals surface area contributed by atoms with Gasteiger partial charge in [0.2, 0.25) is 11.8 Å². The lowest BCUT2D eigenvalue weighted by atomic mass is 10.1. The number of methoxy groups -OCH3 is 1. The van der Waals surface area contributed by atoms with E-state index >= 15 is 0 Å². The number of halogens is 3. The number of hydrogen-bond acceptors (Lipinski definition) is 5. The molecule has 168 valence electrons. The highest BCUT2D eigenvalue weighted by atomic mass is 19.4. The van der Waals surface area contributed by atoms with Crippen LogP contribution < -0.4 is 25.4 Å². The Kier molecular flexibility index (Phi) is 8.12. The Labute approximate surface area is 177 Å². The summed E-state index contributed by atoms with van der Waals surface area (Å²) in [5.41, 5.74) is -0.0574. The molecule has 0 aromatic heterocycles. The lowest BCUT2D eigenvalue weighted by Gasteiger charge is -2.16. The van der Waals surface area contributed by atoms with Gasteiger partial charge < -0.3 is 25.4 Å². The molecule has 0 aliphatic rings. The predicted molar refractivity (Wildman–Crippen MR) is 112 cm³/mol. The lowest BCUT2D eigenvalue weighted by molar-refractivity contribution is -0.137. The number of rotatable bonds is 9. The minimum Gasteiger partial charge on any atom is -0.495 e. The molecule has 0 fully saturated rings. The van der Waals surface area contributed by atoms with Crippen LogP contribution in [0.4, 0.5) is 30.2 Å². The Morgan fingerprint density at radius 3 is 2.32 bits per heavy atom. The molecule has 0 spiro atoms. The molecule has 0 aliphatic carbocycles. The number of nitrogens with one attached hydrogen (secondary N) is 3. The van der Waals surface area contributed by atoms with Crippen molar-refractivity contribution in [1.82, 2.24) is 0 Å². The molecule has 0 saturated heterocycles. The van der Waals surface area contributed by atoms with Gasteiger partial charge in [-0.1, -0.05) is 6.92 Å². The maximum Gasteiger partial charge on any atom is 0.416 e. The molecule has 7 nitrogen and oxygen atoms in total. The van der Waals surface area contributed by atoms with Crippen LogP contribution in [0, 0.1) is 0 Å². The van der Waals surface area contributed by atoms with Gasteiger partial charge in [0.25, 0.3) is 0 Å². The maximum atomic E-state index is 13.1. The lowest BCUT2D eigenvalue weighted by Crippen LogP contribution is -2.22. The van der Waals surface area contributed by atoms with Gasteiger partial charge in [-0.3, -0.25) is 9.59 Å². The average Bonchev–Trinajstić information content (AvgIpc) is 2.70. The first-order valence-corrected chi connectivity index (χ1v) is 9.47. The second kappa shape index (κ2) is 10.6. The highest BCUT2D eigenvalue weighted by molar-refractivity contribution is 5.97. The number of ether oxygens (including phenoxy) is 2. The predicted octanol–water partition coefficient (Wildman–Crippen LogP) is 4.51. The maximum absolute atomic E-state index is 13.1. The molecule has 0 aliphatic heterocycles. The van der Waals surface area contributed by atoms with Crippen molar-refractivity contribution in [2.24, 2.45) is 0 Å². The van der Waals surface area contributed by atoms with Crippen LogP contribution >= 0.6 is 0 Å². The highest BCUT2D eigenvalue weighted by Crippen LogP contribution is 2.35. The van der Waals surface area contributed by atoms with Crippen molar-refractivity contribution in [1.29, 1.82) is 0 Å². The summed E-state index contributed by atoms with van der Waals surface area (Å²) in [4.78, 5) is 23.6. The third kappa shape index (κ3) is 7.09. The fourth-order valence-electron chi connectivity index (χ4n) is 2.64. The van der Waals surface area contributed by atoms with E-state index in [1.807, 2.05) is 6.92 Å².